The van der Waals surface area contributed by atoms with Gasteiger partial charge in [0.25, 0.3) is 0 Å². The van der Waals surface area contributed by atoms with E-state index in [-0.39, 0.29) is 19.6 Å². The van der Waals surface area contributed by atoms with Crippen LogP contribution in [-0.2, 0) is 23.9 Å². The molecule has 7 heteroatoms. The monoisotopic (exact) mass is 369 g/mol. The number of carbonyl (C=O) groups excluding carboxylic acids is 2. The summed E-state index contributed by atoms with van der Waals surface area (Å²) in [6, 6.07) is 7.34. The summed E-state index contributed by atoms with van der Waals surface area (Å²) in [5.74, 6) is -1.58. The van der Waals surface area contributed by atoms with E-state index in [0.717, 1.165) is 10.0 Å². The van der Waals surface area contributed by atoms with Gasteiger partial charge in [0.05, 0.1) is 25.3 Å². The van der Waals surface area contributed by atoms with Crippen LogP contribution in [0.4, 0.5) is 0 Å². The molecule has 1 aliphatic rings. The molecule has 118 valence electrons. The fourth-order valence-electron chi connectivity index (χ4n) is 2.07. The van der Waals surface area contributed by atoms with Gasteiger partial charge in [0.1, 0.15) is 0 Å². The van der Waals surface area contributed by atoms with Crippen LogP contribution in [0.15, 0.2) is 33.9 Å². The highest BCUT2D eigenvalue weighted by atomic mass is 79.9. The van der Waals surface area contributed by atoms with Crippen molar-refractivity contribution in [3.05, 3.63) is 34.3 Å². The van der Waals surface area contributed by atoms with Gasteiger partial charge in [-0.05, 0) is 19.9 Å². The molecular weight excluding hydrogens is 354 g/mol. The molecule has 2 rings (SSSR count). The van der Waals surface area contributed by atoms with Crippen LogP contribution >= 0.6 is 15.9 Å². The molecule has 0 aliphatic carbocycles. The molecule has 0 N–H and O–H groups in total. The summed E-state index contributed by atoms with van der Waals surface area (Å²) < 4.78 is 10.7. The van der Waals surface area contributed by atoms with Gasteiger partial charge in [-0.15, -0.1) is 0 Å². The van der Waals surface area contributed by atoms with Crippen molar-refractivity contribution in [3.63, 3.8) is 0 Å². The van der Waals surface area contributed by atoms with Crippen LogP contribution in [0.1, 0.15) is 25.8 Å². The maximum absolute atomic E-state index is 12.2. The molecule has 0 saturated carbocycles. The first kappa shape index (κ1) is 16.5. The average molecular weight is 370 g/mol. The van der Waals surface area contributed by atoms with Gasteiger partial charge in [0, 0.05) is 10.0 Å². The van der Waals surface area contributed by atoms with E-state index in [4.69, 9.17) is 14.3 Å². The van der Waals surface area contributed by atoms with Crippen molar-refractivity contribution in [2.45, 2.75) is 25.9 Å². The molecule has 0 atom stereocenters. The summed E-state index contributed by atoms with van der Waals surface area (Å²) in [6.45, 7) is 3.57. The lowest BCUT2D eigenvalue weighted by atomic mass is 9.94. The van der Waals surface area contributed by atoms with Gasteiger partial charge in [-0.3, -0.25) is 0 Å². The molecule has 1 heterocycles. The Morgan fingerprint density at radius 2 is 1.82 bits per heavy atom. The zero-order chi connectivity index (χ0) is 16.2. The van der Waals surface area contributed by atoms with Crippen molar-refractivity contribution in [3.8, 4) is 0 Å². The van der Waals surface area contributed by atoms with E-state index in [1.165, 1.54) is 0 Å². The number of rotatable bonds is 5. The van der Waals surface area contributed by atoms with Gasteiger partial charge >= 0.3 is 17.5 Å². The lowest BCUT2D eigenvalue weighted by Gasteiger charge is -2.21. The Morgan fingerprint density at radius 3 is 2.36 bits per heavy atom. The normalized spacial score (nSPS) is 15.7. The minimum Gasteiger partial charge on any atom is -0.462 e. The van der Waals surface area contributed by atoms with E-state index < -0.39 is 17.5 Å². The molecule has 6 nitrogen and oxygen atoms in total. The Kier molecular flexibility index (Phi) is 5.18. The van der Waals surface area contributed by atoms with Gasteiger partial charge in [-0.2, -0.15) is 0 Å². The van der Waals surface area contributed by atoms with Crippen molar-refractivity contribution in [2.75, 3.05) is 13.2 Å². The third-order valence-electron chi connectivity index (χ3n) is 3.12. The highest BCUT2D eigenvalue weighted by molar-refractivity contribution is 9.10. The van der Waals surface area contributed by atoms with Crippen molar-refractivity contribution in [1.82, 2.24) is 0 Å². The van der Waals surface area contributed by atoms with Gasteiger partial charge in [-0.25, -0.2) is 9.59 Å². The van der Waals surface area contributed by atoms with Crippen LogP contribution < -0.4 is 0 Å². The van der Waals surface area contributed by atoms with Crippen LogP contribution in [-0.4, -0.2) is 36.5 Å². The summed E-state index contributed by atoms with van der Waals surface area (Å²) in [5.41, 5.74) is -0.636. The standard InChI is InChI=1S/C15H16BrNO5/c1-3-20-13(18)15(14(19)21-4-2)9-12(17-22-15)10-7-5-6-8-11(10)16/h5-8H,3-4,9H2,1-2H3. The number of oxime groups is 1. The molecule has 0 bridgehead atoms. The largest absolute Gasteiger partial charge is 0.462 e. The van der Waals surface area contributed by atoms with Crippen LogP contribution in [0.5, 0.6) is 0 Å². The number of carbonyl (C=O) groups is 2. The van der Waals surface area contributed by atoms with Crippen LogP contribution in [0.3, 0.4) is 0 Å². The first-order chi connectivity index (χ1) is 10.5. The van der Waals surface area contributed by atoms with Crippen LogP contribution in [0, 0.1) is 0 Å². The summed E-state index contributed by atoms with van der Waals surface area (Å²) in [6.07, 6.45) is -0.0344. The van der Waals surface area contributed by atoms with Crippen molar-refractivity contribution >= 4 is 33.6 Å². The summed E-state index contributed by atoms with van der Waals surface area (Å²) in [5, 5.41) is 3.91. The summed E-state index contributed by atoms with van der Waals surface area (Å²) >= 11 is 3.41. The molecule has 1 aliphatic heterocycles. The second-order valence-corrected chi connectivity index (χ2v) is 5.41. The number of hydrogen-bond acceptors (Lipinski definition) is 6. The number of ether oxygens (including phenoxy) is 2. The number of halogens is 1. The predicted molar refractivity (Wildman–Crippen MR) is 82.4 cm³/mol. The van der Waals surface area contributed by atoms with E-state index >= 15 is 0 Å². The SMILES string of the molecule is CCOC(=O)C1(C(=O)OCC)CC(c2ccccc2Br)=NO1. The van der Waals surface area contributed by atoms with Crippen molar-refractivity contribution in [2.24, 2.45) is 5.16 Å². The third kappa shape index (κ3) is 2.99. The number of benzene rings is 1. The first-order valence-corrected chi connectivity index (χ1v) is 7.68. The number of hydrogen-bond donors (Lipinski definition) is 0. The quantitative estimate of drug-likeness (QED) is 0.588. The lowest BCUT2D eigenvalue weighted by molar-refractivity contribution is -0.187. The third-order valence-corrected chi connectivity index (χ3v) is 3.81. The van der Waals surface area contributed by atoms with Gasteiger partial charge in [0.2, 0.25) is 0 Å². The van der Waals surface area contributed by atoms with Gasteiger partial charge in [-0.1, -0.05) is 39.3 Å². The molecule has 0 radical (unpaired) electrons. The Balaban J connectivity index is 2.31. The highest BCUT2D eigenvalue weighted by Gasteiger charge is 2.56. The molecule has 22 heavy (non-hydrogen) atoms. The van der Waals surface area contributed by atoms with E-state index in [0.29, 0.717) is 5.71 Å². The van der Waals surface area contributed by atoms with E-state index in [1.807, 2.05) is 24.3 Å². The fraction of sp³-hybridized carbons (Fsp3) is 0.400. The highest BCUT2D eigenvalue weighted by Crippen LogP contribution is 2.32. The second kappa shape index (κ2) is 6.91. The Morgan fingerprint density at radius 1 is 1.23 bits per heavy atom. The lowest BCUT2D eigenvalue weighted by Crippen LogP contribution is -2.49. The zero-order valence-electron chi connectivity index (χ0n) is 12.3. The van der Waals surface area contributed by atoms with Crippen LogP contribution in [0.25, 0.3) is 0 Å². The number of nitrogens with zero attached hydrogens (tertiary/aromatic N) is 1. The molecule has 0 saturated heterocycles. The molecule has 0 fully saturated rings. The smallest absolute Gasteiger partial charge is 0.365 e. The van der Waals surface area contributed by atoms with Crippen molar-refractivity contribution < 1.29 is 23.9 Å². The van der Waals surface area contributed by atoms with Gasteiger partial charge < -0.3 is 14.3 Å². The molecule has 0 unspecified atom stereocenters. The van der Waals surface area contributed by atoms with E-state index in [9.17, 15) is 9.59 Å². The minimum absolute atomic E-state index is 0.0344. The van der Waals surface area contributed by atoms with Crippen LogP contribution in [0.2, 0.25) is 0 Å². The molecule has 0 spiro atoms. The van der Waals surface area contributed by atoms with Crippen molar-refractivity contribution in [1.29, 1.82) is 0 Å². The predicted octanol–water partition coefficient (Wildman–Crippen LogP) is 2.44. The second-order valence-electron chi connectivity index (χ2n) is 4.55. The first-order valence-electron chi connectivity index (χ1n) is 6.89. The maximum atomic E-state index is 12.2. The molecular formula is C15H16BrNO5. The van der Waals surface area contributed by atoms with E-state index in [2.05, 4.69) is 21.1 Å². The average Bonchev–Trinajstić information content (AvgIpc) is 2.94. The summed E-state index contributed by atoms with van der Waals surface area (Å²) in [7, 11) is 0. The Bertz CT molecular complexity index is 596. The molecule has 1 aromatic rings. The molecule has 1 aromatic carbocycles. The fourth-order valence-corrected chi connectivity index (χ4v) is 2.58. The maximum Gasteiger partial charge on any atom is 0.365 e. The molecule has 0 amide bonds. The summed E-state index contributed by atoms with van der Waals surface area (Å²) in [4.78, 5) is 29.6. The molecule has 0 aromatic heterocycles. The zero-order valence-corrected chi connectivity index (χ0v) is 13.9. The van der Waals surface area contributed by atoms with Gasteiger partial charge in [0.15, 0.2) is 0 Å². The topological polar surface area (TPSA) is 74.2 Å². The minimum atomic E-state index is -1.86. The van der Waals surface area contributed by atoms with E-state index in [1.54, 1.807) is 13.8 Å². The Labute approximate surface area is 136 Å². The number of esters is 2. The Hall–Kier alpha value is -1.89.